The topological polar surface area (TPSA) is 12.0 Å². The van der Waals surface area contributed by atoms with Gasteiger partial charge in [-0.3, -0.25) is 0 Å². The van der Waals surface area contributed by atoms with Gasteiger partial charge >= 0.3 is 0 Å². The third-order valence-corrected chi connectivity index (χ3v) is 4.59. The number of hydrogen-bond acceptors (Lipinski definition) is 1. The van der Waals surface area contributed by atoms with Gasteiger partial charge in [-0.05, 0) is 37.5 Å². The van der Waals surface area contributed by atoms with Crippen LogP contribution >= 0.6 is 15.9 Å². The van der Waals surface area contributed by atoms with Gasteiger partial charge in [-0.1, -0.05) is 54.1 Å². The van der Waals surface area contributed by atoms with E-state index < -0.39 is 0 Å². The zero-order chi connectivity index (χ0) is 12.1. The minimum Gasteiger partial charge on any atom is -0.382 e. The average molecular weight is 296 g/mol. The summed E-state index contributed by atoms with van der Waals surface area (Å²) in [7, 11) is 0. The van der Waals surface area contributed by atoms with Crippen LogP contribution in [0.25, 0.3) is 0 Å². The van der Waals surface area contributed by atoms with Crippen molar-refractivity contribution in [1.29, 1.82) is 0 Å². The maximum Gasteiger partial charge on any atom is 0.0383 e. The van der Waals surface area contributed by atoms with Crippen molar-refractivity contribution in [2.75, 3.05) is 5.32 Å². The van der Waals surface area contributed by atoms with Crippen LogP contribution in [0.5, 0.6) is 0 Å². The van der Waals surface area contributed by atoms with Gasteiger partial charge in [0.05, 0.1) is 0 Å². The molecule has 0 atom stereocenters. The summed E-state index contributed by atoms with van der Waals surface area (Å²) in [5, 5.41) is 3.73. The first-order chi connectivity index (χ1) is 8.27. The van der Waals surface area contributed by atoms with E-state index in [-0.39, 0.29) is 0 Å². The summed E-state index contributed by atoms with van der Waals surface area (Å²) < 4.78 is 1.20. The van der Waals surface area contributed by atoms with E-state index in [0.717, 1.165) is 0 Å². The van der Waals surface area contributed by atoms with Gasteiger partial charge in [0, 0.05) is 16.2 Å². The fraction of sp³-hybridized carbons (Fsp3) is 0.600. The molecule has 17 heavy (non-hydrogen) atoms. The molecule has 0 amide bonds. The van der Waals surface area contributed by atoms with Gasteiger partial charge in [0.2, 0.25) is 0 Å². The largest absolute Gasteiger partial charge is 0.382 e. The predicted octanol–water partition coefficient (Wildman–Crippen LogP) is 5.28. The third-order valence-electron chi connectivity index (χ3n) is 3.73. The maximum atomic E-state index is 3.73. The van der Waals surface area contributed by atoms with Gasteiger partial charge in [0.1, 0.15) is 0 Å². The van der Waals surface area contributed by atoms with Gasteiger partial charge in [-0.2, -0.15) is 0 Å². The lowest BCUT2D eigenvalue weighted by molar-refractivity contribution is 0.471. The number of nitrogens with one attached hydrogen (secondary N) is 1. The summed E-state index contributed by atoms with van der Waals surface area (Å²) >= 11 is 3.60. The molecule has 2 heteroatoms. The molecular weight excluding hydrogens is 274 g/mol. The van der Waals surface area contributed by atoms with Crippen LogP contribution < -0.4 is 5.32 Å². The van der Waals surface area contributed by atoms with Crippen molar-refractivity contribution in [3.8, 4) is 0 Å². The molecule has 0 bridgehead atoms. The first-order valence-corrected chi connectivity index (χ1v) is 7.58. The summed E-state index contributed by atoms with van der Waals surface area (Å²) in [5.74, 6) is 0. The summed E-state index contributed by atoms with van der Waals surface area (Å²) in [6.07, 6.45) is 9.67. The molecule has 1 aromatic rings. The summed E-state index contributed by atoms with van der Waals surface area (Å²) in [5.41, 5.74) is 2.62. The van der Waals surface area contributed by atoms with Crippen LogP contribution in [-0.4, -0.2) is 6.04 Å². The molecule has 0 radical (unpaired) electrons. The Hall–Kier alpha value is -0.500. The molecule has 0 saturated heterocycles. The molecule has 1 fully saturated rings. The van der Waals surface area contributed by atoms with E-state index in [0.29, 0.717) is 6.04 Å². The molecule has 1 saturated carbocycles. The summed E-state index contributed by atoms with van der Waals surface area (Å²) in [4.78, 5) is 0. The highest BCUT2D eigenvalue weighted by Gasteiger charge is 2.12. The number of halogens is 1. The van der Waals surface area contributed by atoms with Crippen LogP contribution in [0.2, 0.25) is 0 Å². The van der Waals surface area contributed by atoms with Crippen molar-refractivity contribution in [3.05, 3.63) is 28.2 Å². The van der Waals surface area contributed by atoms with Crippen molar-refractivity contribution >= 4 is 21.6 Å². The number of anilines is 1. The van der Waals surface area contributed by atoms with E-state index in [2.05, 4.69) is 46.4 Å². The molecule has 1 aliphatic carbocycles. The number of benzene rings is 1. The van der Waals surface area contributed by atoms with Gasteiger partial charge in [-0.15, -0.1) is 0 Å². The van der Waals surface area contributed by atoms with Gasteiger partial charge in [0.25, 0.3) is 0 Å². The van der Waals surface area contributed by atoms with E-state index in [1.54, 1.807) is 0 Å². The molecule has 1 aliphatic rings. The highest BCUT2D eigenvalue weighted by molar-refractivity contribution is 9.10. The molecule has 94 valence electrons. The summed E-state index contributed by atoms with van der Waals surface area (Å²) in [6.45, 7) is 2.18. The Labute approximate surface area is 113 Å². The van der Waals surface area contributed by atoms with Crippen LogP contribution in [0.3, 0.4) is 0 Å². The molecule has 1 N–H and O–H groups in total. The van der Waals surface area contributed by atoms with E-state index in [1.807, 2.05) is 0 Å². The van der Waals surface area contributed by atoms with Crippen LogP contribution in [0, 0.1) is 6.92 Å². The molecular formula is C15H22BrN. The quantitative estimate of drug-likeness (QED) is 0.782. The lowest BCUT2D eigenvalue weighted by atomic mass is 9.96. The lowest BCUT2D eigenvalue weighted by Crippen LogP contribution is -2.21. The Morgan fingerprint density at radius 2 is 1.71 bits per heavy atom. The second-order valence-corrected chi connectivity index (χ2v) is 5.95. The number of hydrogen-bond donors (Lipinski definition) is 1. The maximum absolute atomic E-state index is 3.73. The highest BCUT2D eigenvalue weighted by atomic mass is 79.9. The fourth-order valence-corrected chi connectivity index (χ4v) is 2.95. The standard InChI is InChI=1S/C15H22BrN/c1-12-14(16)10-7-11-15(12)17-13-8-5-3-2-4-6-9-13/h7,10-11,13,17H,2-6,8-9H2,1H3. The van der Waals surface area contributed by atoms with E-state index >= 15 is 0 Å². The molecule has 0 aromatic heterocycles. The van der Waals surface area contributed by atoms with E-state index in [4.69, 9.17) is 0 Å². The second kappa shape index (κ2) is 6.44. The molecule has 0 heterocycles. The summed E-state index contributed by atoms with van der Waals surface area (Å²) in [6, 6.07) is 7.09. The van der Waals surface area contributed by atoms with Crippen molar-refractivity contribution in [2.45, 2.75) is 57.9 Å². The molecule has 0 unspecified atom stereocenters. The number of rotatable bonds is 2. The van der Waals surface area contributed by atoms with Crippen molar-refractivity contribution in [1.82, 2.24) is 0 Å². The Morgan fingerprint density at radius 3 is 2.41 bits per heavy atom. The second-order valence-electron chi connectivity index (χ2n) is 5.10. The fourth-order valence-electron chi connectivity index (χ4n) is 2.58. The average Bonchev–Trinajstić information content (AvgIpc) is 2.28. The lowest BCUT2D eigenvalue weighted by Gasteiger charge is -2.23. The van der Waals surface area contributed by atoms with E-state index in [1.165, 1.54) is 60.7 Å². The van der Waals surface area contributed by atoms with Gasteiger partial charge in [0.15, 0.2) is 0 Å². The van der Waals surface area contributed by atoms with Crippen LogP contribution in [-0.2, 0) is 0 Å². The Kier molecular flexibility index (Phi) is 4.90. The predicted molar refractivity (Wildman–Crippen MR) is 78.6 cm³/mol. The SMILES string of the molecule is Cc1c(Br)cccc1NC1CCCCCCC1. The van der Waals surface area contributed by atoms with Gasteiger partial charge < -0.3 is 5.32 Å². The Morgan fingerprint density at radius 1 is 1.06 bits per heavy atom. The molecule has 0 aliphatic heterocycles. The van der Waals surface area contributed by atoms with Crippen LogP contribution in [0.1, 0.15) is 50.5 Å². The van der Waals surface area contributed by atoms with Gasteiger partial charge in [-0.25, -0.2) is 0 Å². The monoisotopic (exact) mass is 295 g/mol. The normalized spacial score (nSPS) is 18.5. The van der Waals surface area contributed by atoms with Crippen molar-refractivity contribution < 1.29 is 0 Å². The molecule has 2 rings (SSSR count). The molecule has 1 aromatic carbocycles. The van der Waals surface area contributed by atoms with Crippen LogP contribution in [0.4, 0.5) is 5.69 Å². The first kappa shape index (κ1) is 12.9. The van der Waals surface area contributed by atoms with Crippen molar-refractivity contribution in [2.24, 2.45) is 0 Å². The zero-order valence-electron chi connectivity index (χ0n) is 10.6. The minimum atomic E-state index is 0.670. The minimum absolute atomic E-state index is 0.670. The zero-order valence-corrected chi connectivity index (χ0v) is 12.2. The Balaban J connectivity index is 2.00. The highest BCUT2D eigenvalue weighted by Crippen LogP contribution is 2.26. The van der Waals surface area contributed by atoms with E-state index in [9.17, 15) is 0 Å². The third kappa shape index (κ3) is 3.74. The first-order valence-electron chi connectivity index (χ1n) is 6.79. The smallest absolute Gasteiger partial charge is 0.0383 e. The molecule has 0 spiro atoms. The van der Waals surface area contributed by atoms with Crippen molar-refractivity contribution in [3.63, 3.8) is 0 Å². The Bertz CT molecular complexity index is 354. The molecule has 1 nitrogen and oxygen atoms in total. The van der Waals surface area contributed by atoms with Crippen LogP contribution in [0.15, 0.2) is 22.7 Å².